The third kappa shape index (κ3) is 7.56. The number of primary amides is 1. The van der Waals surface area contributed by atoms with E-state index in [2.05, 4.69) is 15.6 Å². The fourth-order valence-corrected chi connectivity index (χ4v) is 4.79. The fourth-order valence-electron chi connectivity index (χ4n) is 4.79. The minimum absolute atomic E-state index is 0.0321. The van der Waals surface area contributed by atoms with Crippen molar-refractivity contribution in [3.05, 3.63) is 30.1 Å². The van der Waals surface area contributed by atoms with Gasteiger partial charge in [-0.25, -0.2) is 9.59 Å². The highest BCUT2D eigenvalue weighted by Gasteiger charge is 2.46. The van der Waals surface area contributed by atoms with E-state index in [4.69, 9.17) is 10.5 Å². The standard InChI is InChI=1S/C25H36N6O7/c1-25(2,3)38-23(35)29-18-14-30(24(36)37)13-11-15-7-9-19(31(15)22(18)34)21(33)28-17(8-10-20(26)32)16-6-4-5-12-27-16/h4-6,12,15,17-19H,7-11,13-14H2,1-3H3,(H2,26,32)(H,28,33)(H,29,35)(H,36,37)/t15-,17?,18+,19+/m1/s1. The first-order valence-electron chi connectivity index (χ1n) is 12.6. The van der Waals surface area contributed by atoms with E-state index in [1.807, 2.05) is 0 Å². The monoisotopic (exact) mass is 532 g/mol. The first-order chi connectivity index (χ1) is 17.9. The van der Waals surface area contributed by atoms with Crippen LogP contribution in [0.4, 0.5) is 9.59 Å². The van der Waals surface area contributed by atoms with E-state index in [1.165, 1.54) is 4.90 Å². The zero-order valence-corrected chi connectivity index (χ0v) is 21.9. The molecule has 0 bridgehead atoms. The summed E-state index contributed by atoms with van der Waals surface area (Å²) >= 11 is 0. The molecule has 38 heavy (non-hydrogen) atoms. The predicted molar refractivity (Wildman–Crippen MR) is 135 cm³/mol. The van der Waals surface area contributed by atoms with Gasteiger partial charge in [0.1, 0.15) is 17.7 Å². The summed E-state index contributed by atoms with van der Waals surface area (Å²) in [6.45, 7) is 4.87. The Labute approximate surface area is 221 Å². The number of carbonyl (C=O) groups excluding carboxylic acids is 4. The summed E-state index contributed by atoms with van der Waals surface area (Å²) in [5.41, 5.74) is 5.04. The summed E-state index contributed by atoms with van der Waals surface area (Å²) in [5, 5.41) is 15.0. The van der Waals surface area contributed by atoms with Crippen molar-refractivity contribution in [2.75, 3.05) is 13.1 Å². The van der Waals surface area contributed by atoms with Gasteiger partial charge in [0.15, 0.2) is 0 Å². The van der Waals surface area contributed by atoms with Crippen LogP contribution >= 0.6 is 0 Å². The van der Waals surface area contributed by atoms with Gasteiger partial charge in [0.25, 0.3) is 0 Å². The van der Waals surface area contributed by atoms with Crippen molar-refractivity contribution in [1.29, 1.82) is 0 Å². The molecular formula is C25H36N6O7. The molecule has 13 heteroatoms. The van der Waals surface area contributed by atoms with Crippen LogP contribution in [0.3, 0.4) is 0 Å². The number of alkyl carbamates (subject to hydrolysis) is 1. The predicted octanol–water partition coefficient (Wildman–Crippen LogP) is 1.14. The lowest BCUT2D eigenvalue weighted by Crippen LogP contribution is -2.61. The number of rotatable bonds is 7. The molecule has 1 unspecified atom stereocenters. The van der Waals surface area contributed by atoms with Gasteiger partial charge in [0.2, 0.25) is 17.7 Å². The molecule has 0 saturated carbocycles. The van der Waals surface area contributed by atoms with Crippen molar-refractivity contribution >= 4 is 29.9 Å². The first kappa shape index (κ1) is 28.7. The molecule has 4 atom stereocenters. The van der Waals surface area contributed by atoms with Gasteiger partial charge in [-0.1, -0.05) is 6.07 Å². The van der Waals surface area contributed by atoms with E-state index < -0.39 is 53.6 Å². The summed E-state index contributed by atoms with van der Waals surface area (Å²) in [5.74, 6) is -1.50. The maximum Gasteiger partial charge on any atom is 0.408 e. The molecule has 2 fully saturated rings. The summed E-state index contributed by atoms with van der Waals surface area (Å²) in [6.07, 6.45) is 0.982. The van der Waals surface area contributed by atoms with Gasteiger partial charge in [-0.15, -0.1) is 0 Å². The molecule has 0 radical (unpaired) electrons. The lowest BCUT2D eigenvalue weighted by Gasteiger charge is -2.38. The number of hydrogen-bond acceptors (Lipinski definition) is 7. The summed E-state index contributed by atoms with van der Waals surface area (Å²) < 4.78 is 5.28. The van der Waals surface area contributed by atoms with Gasteiger partial charge >= 0.3 is 12.2 Å². The van der Waals surface area contributed by atoms with Crippen LogP contribution in [0.25, 0.3) is 0 Å². The van der Waals surface area contributed by atoms with E-state index in [9.17, 15) is 29.1 Å². The largest absolute Gasteiger partial charge is 0.465 e. The Hall–Kier alpha value is -3.90. The van der Waals surface area contributed by atoms with Gasteiger partial charge in [-0.05, 0) is 58.6 Å². The number of nitrogens with zero attached hydrogens (tertiary/aromatic N) is 3. The van der Waals surface area contributed by atoms with Crippen molar-refractivity contribution in [1.82, 2.24) is 25.4 Å². The second-order valence-electron chi connectivity index (χ2n) is 10.5. The molecule has 208 valence electrons. The molecule has 1 aromatic heterocycles. The van der Waals surface area contributed by atoms with Crippen LogP contribution in [0.15, 0.2) is 24.4 Å². The number of amides is 5. The average Bonchev–Trinajstić information content (AvgIpc) is 3.24. The smallest absolute Gasteiger partial charge is 0.408 e. The lowest BCUT2D eigenvalue weighted by molar-refractivity contribution is -0.143. The maximum absolute atomic E-state index is 13.7. The highest BCUT2D eigenvalue weighted by molar-refractivity contribution is 5.93. The van der Waals surface area contributed by atoms with Crippen LogP contribution in [-0.2, 0) is 19.1 Å². The van der Waals surface area contributed by atoms with Gasteiger partial charge in [0.05, 0.1) is 18.3 Å². The Kier molecular flexibility index (Phi) is 9.13. The second kappa shape index (κ2) is 12.1. The number of aromatic nitrogens is 1. The summed E-state index contributed by atoms with van der Waals surface area (Å²) in [7, 11) is 0. The number of nitrogens with one attached hydrogen (secondary N) is 2. The minimum atomic E-state index is -1.24. The van der Waals surface area contributed by atoms with Crippen molar-refractivity contribution in [2.24, 2.45) is 5.73 Å². The molecule has 0 spiro atoms. The molecule has 2 aliphatic heterocycles. The van der Waals surface area contributed by atoms with Crippen molar-refractivity contribution in [3.8, 4) is 0 Å². The fraction of sp³-hybridized carbons (Fsp3) is 0.600. The van der Waals surface area contributed by atoms with E-state index in [0.717, 1.165) is 4.90 Å². The molecule has 5 N–H and O–H groups in total. The van der Waals surface area contributed by atoms with Crippen LogP contribution in [0.5, 0.6) is 0 Å². The lowest BCUT2D eigenvalue weighted by atomic mass is 10.1. The van der Waals surface area contributed by atoms with E-state index in [1.54, 1.807) is 45.2 Å². The van der Waals surface area contributed by atoms with Gasteiger partial charge in [-0.3, -0.25) is 19.4 Å². The Bertz CT molecular complexity index is 1040. The summed E-state index contributed by atoms with van der Waals surface area (Å²) in [4.78, 5) is 69.7. The molecule has 2 aliphatic rings. The minimum Gasteiger partial charge on any atom is -0.465 e. The topological polar surface area (TPSA) is 184 Å². The highest BCUT2D eigenvalue weighted by atomic mass is 16.6. The third-order valence-electron chi connectivity index (χ3n) is 6.50. The number of carbonyl (C=O) groups is 5. The highest BCUT2D eigenvalue weighted by Crippen LogP contribution is 2.30. The van der Waals surface area contributed by atoms with Crippen LogP contribution in [0.1, 0.15) is 64.6 Å². The normalized spacial score (nSPS) is 22.5. The molecule has 13 nitrogen and oxygen atoms in total. The molecule has 1 aromatic rings. The number of pyridine rings is 1. The zero-order chi connectivity index (χ0) is 28.0. The third-order valence-corrected chi connectivity index (χ3v) is 6.50. The number of nitrogens with two attached hydrogens (primary N) is 1. The second-order valence-corrected chi connectivity index (χ2v) is 10.5. The van der Waals surface area contributed by atoms with Crippen molar-refractivity contribution in [3.63, 3.8) is 0 Å². The number of fused-ring (bicyclic) bond motifs is 1. The number of hydrogen-bond donors (Lipinski definition) is 4. The number of carboxylic acid groups (broad SMARTS) is 1. The number of ether oxygens (including phenoxy) is 1. The van der Waals surface area contributed by atoms with E-state index in [-0.39, 0.29) is 32.0 Å². The Balaban J connectivity index is 1.83. The van der Waals surface area contributed by atoms with Crippen molar-refractivity contribution < 1.29 is 33.8 Å². The SMILES string of the molecule is CC(C)(C)OC(=O)N[C@H]1CN(C(=O)O)CC[C@H]2CC[C@@H](C(=O)NC(CCC(N)=O)c3ccccn3)N2C1=O. The molecule has 5 amide bonds. The average molecular weight is 533 g/mol. The van der Waals surface area contributed by atoms with Gasteiger partial charge < -0.3 is 36.0 Å². The van der Waals surface area contributed by atoms with Crippen molar-refractivity contribution in [2.45, 2.75) is 82.6 Å². The molecule has 3 rings (SSSR count). The van der Waals surface area contributed by atoms with Crippen LogP contribution < -0.4 is 16.4 Å². The van der Waals surface area contributed by atoms with Gasteiger partial charge in [0, 0.05) is 25.2 Å². The Morgan fingerprint density at radius 2 is 1.95 bits per heavy atom. The maximum atomic E-state index is 13.7. The zero-order valence-electron chi connectivity index (χ0n) is 21.9. The molecule has 0 aliphatic carbocycles. The molecule has 3 heterocycles. The summed E-state index contributed by atoms with van der Waals surface area (Å²) in [6, 6.07) is 2.16. The quantitative estimate of drug-likeness (QED) is 0.403. The van der Waals surface area contributed by atoms with Gasteiger partial charge in [-0.2, -0.15) is 0 Å². The molecular weight excluding hydrogens is 496 g/mol. The molecule has 0 aromatic carbocycles. The Morgan fingerprint density at radius 3 is 2.55 bits per heavy atom. The van der Waals surface area contributed by atoms with Crippen LogP contribution in [-0.4, -0.2) is 86.6 Å². The van der Waals surface area contributed by atoms with E-state index >= 15 is 0 Å². The molecule has 2 saturated heterocycles. The Morgan fingerprint density at radius 1 is 1.21 bits per heavy atom. The first-order valence-corrected chi connectivity index (χ1v) is 12.6. The van der Waals surface area contributed by atoms with Crippen LogP contribution in [0.2, 0.25) is 0 Å². The van der Waals surface area contributed by atoms with E-state index in [0.29, 0.717) is 25.0 Å². The van der Waals surface area contributed by atoms with Crippen LogP contribution in [0, 0.1) is 0 Å².